The maximum Gasteiger partial charge on any atom is 0.343 e. The summed E-state index contributed by atoms with van der Waals surface area (Å²) in [5.41, 5.74) is 5.06. The molecule has 0 aliphatic carbocycles. The van der Waals surface area contributed by atoms with Crippen molar-refractivity contribution in [2.75, 3.05) is 0 Å². The number of carbonyl (C=O) groups excluding carboxylic acids is 2. The van der Waals surface area contributed by atoms with Crippen molar-refractivity contribution in [1.29, 1.82) is 0 Å². The smallest absolute Gasteiger partial charge is 0.343 e. The fraction of sp³-hybridized carbons (Fsp3) is 0.0455. The number of amides is 1. The second-order valence-corrected chi connectivity index (χ2v) is 6.42. The van der Waals surface area contributed by atoms with Gasteiger partial charge in [-0.25, -0.2) is 10.2 Å². The van der Waals surface area contributed by atoms with Crippen LogP contribution >= 0.6 is 11.6 Å². The van der Waals surface area contributed by atoms with Gasteiger partial charge in [-0.3, -0.25) is 4.79 Å². The van der Waals surface area contributed by atoms with E-state index in [1.54, 1.807) is 60.7 Å². The summed E-state index contributed by atoms with van der Waals surface area (Å²) in [7, 11) is 0. The van der Waals surface area contributed by atoms with Crippen LogP contribution in [0.2, 0.25) is 5.02 Å². The summed E-state index contributed by atoms with van der Waals surface area (Å²) in [5, 5.41) is 4.43. The Bertz CT molecular complexity index is 1030. The quantitative estimate of drug-likeness (QED) is 0.298. The molecule has 6 heteroatoms. The highest BCUT2D eigenvalue weighted by atomic mass is 35.5. The van der Waals surface area contributed by atoms with E-state index in [1.807, 2.05) is 19.1 Å². The highest BCUT2D eigenvalue weighted by molar-refractivity contribution is 6.30. The first-order valence-corrected chi connectivity index (χ1v) is 8.87. The van der Waals surface area contributed by atoms with E-state index in [1.165, 1.54) is 6.21 Å². The average Bonchev–Trinajstić information content (AvgIpc) is 2.69. The minimum absolute atomic E-state index is 0.276. The normalized spacial score (nSPS) is 10.6. The zero-order chi connectivity index (χ0) is 19.9. The topological polar surface area (TPSA) is 67.8 Å². The summed E-state index contributed by atoms with van der Waals surface area (Å²) in [4.78, 5) is 24.2. The predicted molar refractivity (Wildman–Crippen MR) is 109 cm³/mol. The van der Waals surface area contributed by atoms with Gasteiger partial charge in [0.15, 0.2) is 0 Å². The molecular formula is C22H17ClN2O3. The number of carbonyl (C=O) groups is 2. The third-order valence-electron chi connectivity index (χ3n) is 3.92. The lowest BCUT2D eigenvalue weighted by Gasteiger charge is -2.05. The van der Waals surface area contributed by atoms with Crippen molar-refractivity contribution >= 4 is 29.7 Å². The maximum atomic E-state index is 12.1. The molecule has 1 amide bonds. The number of nitrogens with one attached hydrogen (secondary N) is 1. The van der Waals surface area contributed by atoms with Crippen LogP contribution in [0.25, 0.3) is 0 Å². The first-order valence-electron chi connectivity index (χ1n) is 8.50. The number of esters is 1. The molecule has 0 fully saturated rings. The van der Waals surface area contributed by atoms with Gasteiger partial charge in [0.25, 0.3) is 5.91 Å². The van der Waals surface area contributed by atoms with Gasteiger partial charge < -0.3 is 4.74 Å². The number of hydrogen-bond donors (Lipinski definition) is 1. The molecule has 0 radical (unpaired) electrons. The van der Waals surface area contributed by atoms with Gasteiger partial charge in [0.2, 0.25) is 0 Å². The molecule has 3 aromatic carbocycles. The number of nitrogens with zero attached hydrogens (tertiary/aromatic N) is 1. The number of benzene rings is 3. The second-order valence-electron chi connectivity index (χ2n) is 5.98. The van der Waals surface area contributed by atoms with E-state index < -0.39 is 5.97 Å². The van der Waals surface area contributed by atoms with Gasteiger partial charge in [-0.05, 0) is 66.6 Å². The molecule has 0 aliphatic heterocycles. The van der Waals surface area contributed by atoms with E-state index >= 15 is 0 Å². The van der Waals surface area contributed by atoms with E-state index in [0.717, 1.165) is 11.1 Å². The molecule has 0 aliphatic rings. The van der Waals surface area contributed by atoms with Gasteiger partial charge in [-0.1, -0.05) is 35.9 Å². The molecule has 1 N–H and O–H groups in total. The molecule has 28 heavy (non-hydrogen) atoms. The summed E-state index contributed by atoms with van der Waals surface area (Å²) in [6.07, 6.45) is 1.51. The molecule has 3 rings (SSSR count). The van der Waals surface area contributed by atoms with Crippen LogP contribution in [0.4, 0.5) is 0 Å². The van der Waals surface area contributed by atoms with Crippen LogP contribution in [-0.4, -0.2) is 18.1 Å². The highest BCUT2D eigenvalue weighted by Crippen LogP contribution is 2.16. The molecular weight excluding hydrogens is 376 g/mol. The predicted octanol–water partition coefficient (Wildman–Crippen LogP) is 4.63. The van der Waals surface area contributed by atoms with Gasteiger partial charge in [0.1, 0.15) is 5.75 Å². The lowest BCUT2D eigenvalue weighted by molar-refractivity contribution is 0.0734. The van der Waals surface area contributed by atoms with Crippen LogP contribution < -0.4 is 10.2 Å². The number of aryl methyl sites for hydroxylation is 1. The van der Waals surface area contributed by atoms with Crippen LogP contribution in [0.1, 0.15) is 31.8 Å². The maximum absolute atomic E-state index is 12.1. The summed E-state index contributed by atoms with van der Waals surface area (Å²) >= 11 is 5.88. The van der Waals surface area contributed by atoms with Crippen molar-refractivity contribution in [2.24, 2.45) is 5.10 Å². The Labute approximate surface area is 167 Å². The van der Waals surface area contributed by atoms with E-state index in [9.17, 15) is 9.59 Å². The zero-order valence-corrected chi connectivity index (χ0v) is 15.8. The minimum atomic E-state index is -0.491. The summed E-state index contributed by atoms with van der Waals surface area (Å²) < 4.78 is 5.31. The van der Waals surface area contributed by atoms with E-state index in [4.69, 9.17) is 16.3 Å². The Hall–Kier alpha value is -3.44. The van der Waals surface area contributed by atoms with Gasteiger partial charge in [-0.2, -0.15) is 5.10 Å². The Morgan fingerprint density at radius 1 is 1.00 bits per heavy atom. The summed E-state index contributed by atoms with van der Waals surface area (Å²) in [5.74, 6) is -0.373. The molecule has 0 bridgehead atoms. The fourth-order valence-corrected chi connectivity index (χ4v) is 2.65. The van der Waals surface area contributed by atoms with Crippen molar-refractivity contribution in [3.8, 4) is 5.75 Å². The molecule has 5 nitrogen and oxygen atoms in total. The molecule has 140 valence electrons. The van der Waals surface area contributed by atoms with Gasteiger partial charge in [0, 0.05) is 10.6 Å². The SMILES string of the molecule is Cc1ccccc1C(=O)N/N=C\c1ccc(OC(=O)c2cccc(Cl)c2)cc1. The van der Waals surface area contributed by atoms with Crippen molar-refractivity contribution in [3.05, 3.63) is 100 Å². The van der Waals surface area contributed by atoms with Crippen LogP contribution in [0.15, 0.2) is 77.9 Å². The standard InChI is InChI=1S/C22H17ClN2O3/c1-15-5-2-3-8-20(15)21(26)25-24-14-16-9-11-19(12-10-16)28-22(27)17-6-4-7-18(23)13-17/h2-14H,1H3,(H,25,26)/b24-14-. The molecule has 3 aromatic rings. The minimum Gasteiger partial charge on any atom is -0.423 e. The van der Waals surface area contributed by atoms with Crippen molar-refractivity contribution in [2.45, 2.75) is 6.92 Å². The monoisotopic (exact) mass is 392 g/mol. The zero-order valence-electron chi connectivity index (χ0n) is 15.1. The number of hydrazone groups is 1. The van der Waals surface area contributed by atoms with Crippen molar-refractivity contribution in [3.63, 3.8) is 0 Å². The van der Waals surface area contributed by atoms with Crippen LogP contribution in [0.3, 0.4) is 0 Å². The molecule has 0 atom stereocenters. The van der Waals surface area contributed by atoms with Crippen LogP contribution in [-0.2, 0) is 0 Å². The third kappa shape index (κ3) is 5.05. The number of hydrogen-bond acceptors (Lipinski definition) is 4. The largest absolute Gasteiger partial charge is 0.423 e. The molecule has 0 heterocycles. The first kappa shape index (κ1) is 19.3. The Morgan fingerprint density at radius 3 is 2.46 bits per heavy atom. The summed E-state index contributed by atoms with van der Waals surface area (Å²) in [6.45, 7) is 1.86. The van der Waals surface area contributed by atoms with E-state index in [2.05, 4.69) is 10.5 Å². The third-order valence-corrected chi connectivity index (χ3v) is 4.16. The first-order chi connectivity index (χ1) is 13.5. The number of rotatable bonds is 5. The molecule has 0 saturated carbocycles. The van der Waals surface area contributed by atoms with Crippen molar-refractivity contribution in [1.82, 2.24) is 5.43 Å². The Balaban J connectivity index is 1.58. The van der Waals surface area contributed by atoms with Gasteiger partial charge >= 0.3 is 5.97 Å². The lowest BCUT2D eigenvalue weighted by Crippen LogP contribution is -2.18. The second kappa shape index (κ2) is 8.97. The van der Waals surface area contributed by atoms with Crippen molar-refractivity contribution < 1.29 is 14.3 Å². The summed E-state index contributed by atoms with van der Waals surface area (Å²) in [6, 6.07) is 20.6. The average molecular weight is 393 g/mol. The molecule has 0 unspecified atom stereocenters. The Morgan fingerprint density at radius 2 is 1.75 bits per heavy atom. The number of halogens is 1. The van der Waals surface area contributed by atoms with E-state index in [-0.39, 0.29) is 5.91 Å². The van der Waals surface area contributed by atoms with E-state index in [0.29, 0.717) is 21.9 Å². The van der Waals surface area contributed by atoms with Gasteiger partial charge in [-0.15, -0.1) is 0 Å². The molecule has 0 saturated heterocycles. The lowest BCUT2D eigenvalue weighted by atomic mass is 10.1. The highest BCUT2D eigenvalue weighted by Gasteiger charge is 2.09. The van der Waals surface area contributed by atoms with Gasteiger partial charge in [0.05, 0.1) is 11.8 Å². The number of ether oxygens (including phenoxy) is 1. The van der Waals surface area contributed by atoms with Crippen LogP contribution in [0, 0.1) is 6.92 Å². The fourth-order valence-electron chi connectivity index (χ4n) is 2.46. The van der Waals surface area contributed by atoms with Crippen LogP contribution in [0.5, 0.6) is 5.75 Å². The Kier molecular flexibility index (Phi) is 6.19. The molecule has 0 aromatic heterocycles. The molecule has 0 spiro atoms.